The van der Waals surface area contributed by atoms with Gasteiger partial charge in [0.1, 0.15) is 5.69 Å². The molecule has 10 heteroatoms. The number of nitrogens with zero attached hydrogens (tertiary/aromatic N) is 3. The van der Waals surface area contributed by atoms with Gasteiger partial charge in [-0.25, -0.2) is 0 Å². The molecule has 27 heavy (non-hydrogen) atoms. The summed E-state index contributed by atoms with van der Waals surface area (Å²) in [5, 5.41) is 29.6. The molecular weight excluding hydrogens is 354 g/mol. The average molecular weight is 379 g/mol. The minimum Gasteiger partial charge on any atom is -0.480 e. The van der Waals surface area contributed by atoms with Crippen LogP contribution in [-0.4, -0.2) is 62.2 Å². The van der Waals surface area contributed by atoms with E-state index in [9.17, 15) is 19.7 Å². The van der Waals surface area contributed by atoms with Crippen molar-refractivity contribution in [3.8, 4) is 0 Å². The first-order valence-electron chi connectivity index (χ1n) is 9.37. The molecule has 0 saturated heterocycles. The molecule has 0 spiro atoms. The lowest BCUT2D eigenvalue weighted by molar-refractivity contribution is -0.385. The molecule has 0 aromatic carbocycles. The van der Waals surface area contributed by atoms with E-state index in [1.54, 1.807) is 0 Å². The Morgan fingerprint density at radius 1 is 1.41 bits per heavy atom. The molecule has 1 amide bonds. The summed E-state index contributed by atoms with van der Waals surface area (Å²) in [5.41, 5.74) is -0.0880. The normalized spacial score (nSPS) is 21.7. The molecule has 3 N–H and O–H groups in total. The van der Waals surface area contributed by atoms with Gasteiger partial charge in [-0.05, 0) is 38.0 Å². The highest BCUT2D eigenvalue weighted by molar-refractivity contribution is 5.96. The molecule has 0 bridgehead atoms. The Labute approximate surface area is 156 Å². The number of hydrogen-bond acceptors (Lipinski definition) is 6. The highest BCUT2D eigenvalue weighted by Crippen LogP contribution is 2.34. The Morgan fingerprint density at radius 3 is 2.67 bits per heavy atom. The Hall–Kier alpha value is -2.49. The maximum atomic E-state index is 12.4. The summed E-state index contributed by atoms with van der Waals surface area (Å²) in [7, 11) is 0. The van der Waals surface area contributed by atoms with Crippen molar-refractivity contribution in [1.29, 1.82) is 0 Å². The fourth-order valence-electron chi connectivity index (χ4n) is 3.56. The summed E-state index contributed by atoms with van der Waals surface area (Å²) in [6, 6.07) is 0.000694. The summed E-state index contributed by atoms with van der Waals surface area (Å²) in [4.78, 5) is 36.2. The number of aromatic nitrogens is 2. The van der Waals surface area contributed by atoms with Crippen LogP contribution < -0.4 is 5.32 Å². The Morgan fingerprint density at radius 2 is 2.11 bits per heavy atom. The first-order chi connectivity index (χ1) is 12.9. The van der Waals surface area contributed by atoms with E-state index in [1.807, 2.05) is 11.8 Å². The minimum atomic E-state index is -0.848. The maximum absolute atomic E-state index is 12.4. The number of carbonyl (C=O) groups excluding carboxylic acids is 1. The van der Waals surface area contributed by atoms with Crippen LogP contribution in [0, 0.1) is 16.0 Å². The Kier molecular flexibility index (Phi) is 5.73. The number of amides is 1. The number of aryl methyl sites for hydroxylation is 1. The van der Waals surface area contributed by atoms with Crippen molar-refractivity contribution in [2.24, 2.45) is 5.92 Å². The van der Waals surface area contributed by atoms with Crippen LogP contribution in [0.2, 0.25) is 0 Å². The van der Waals surface area contributed by atoms with Crippen molar-refractivity contribution in [2.45, 2.75) is 57.5 Å². The maximum Gasteiger partial charge on any atom is 0.322 e. The third-order valence-corrected chi connectivity index (χ3v) is 5.20. The van der Waals surface area contributed by atoms with Crippen LogP contribution >= 0.6 is 0 Å². The molecule has 0 radical (unpaired) electrons. The second-order valence-corrected chi connectivity index (χ2v) is 7.47. The summed E-state index contributed by atoms with van der Waals surface area (Å²) in [5.74, 6) is -0.823. The molecule has 2 aliphatic rings. The third-order valence-electron chi connectivity index (χ3n) is 5.20. The van der Waals surface area contributed by atoms with Crippen LogP contribution in [0.15, 0.2) is 0 Å². The SMILES string of the molecule is CCCc1[nH]nc(C(=O)NC2CC(N(CC(=O)O)CC3CC3)C2)c1[N+](=O)[O-]. The number of H-pyrrole nitrogens is 1. The molecule has 2 fully saturated rings. The average Bonchev–Trinajstić information content (AvgIpc) is 3.26. The number of carboxylic acid groups (broad SMARTS) is 1. The van der Waals surface area contributed by atoms with E-state index in [4.69, 9.17) is 5.11 Å². The van der Waals surface area contributed by atoms with E-state index in [1.165, 1.54) is 0 Å². The summed E-state index contributed by atoms with van der Waals surface area (Å²) in [6.07, 6.45) is 4.73. The van der Waals surface area contributed by atoms with Gasteiger partial charge in [0.25, 0.3) is 5.91 Å². The molecule has 148 valence electrons. The first-order valence-corrected chi connectivity index (χ1v) is 9.37. The zero-order valence-corrected chi connectivity index (χ0v) is 15.3. The van der Waals surface area contributed by atoms with Gasteiger partial charge >= 0.3 is 11.7 Å². The number of rotatable bonds is 10. The van der Waals surface area contributed by atoms with Crippen molar-refractivity contribution in [1.82, 2.24) is 20.4 Å². The van der Waals surface area contributed by atoms with Gasteiger partial charge in [-0.3, -0.25) is 29.7 Å². The molecule has 10 nitrogen and oxygen atoms in total. The minimum absolute atomic E-state index is 0.00699. The van der Waals surface area contributed by atoms with Crippen molar-refractivity contribution in [2.75, 3.05) is 13.1 Å². The number of aliphatic carboxylic acids is 1. The fourth-order valence-corrected chi connectivity index (χ4v) is 3.56. The van der Waals surface area contributed by atoms with Crippen LogP contribution in [0.25, 0.3) is 0 Å². The van der Waals surface area contributed by atoms with Crippen molar-refractivity contribution in [3.05, 3.63) is 21.5 Å². The molecule has 2 aliphatic carbocycles. The fraction of sp³-hybridized carbons (Fsp3) is 0.706. The van der Waals surface area contributed by atoms with Crippen molar-refractivity contribution in [3.63, 3.8) is 0 Å². The number of carbonyl (C=O) groups is 2. The van der Waals surface area contributed by atoms with Crippen LogP contribution in [0.3, 0.4) is 0 Å². The van der Waals surface area contributed by atoms with Crippen LogP contribution in [0.1, 0.15) is 55.2 Å². The van der Waals surface area contributed by atoms with Crippen molar-refractivity contribution >= 4 is 17.6 Å². The van der Waals surface area contributed by atoms with Gasteiger partial charge in [0.15, 0.2) is 0 Å². The predicted octanol–water partition coefficient (Wildman–Crippen LogP) is 1.33. The van der Waals surface area contributed by atoms with Crippen LogP contribution in [0.5, 0.6) is 0 Å². The highest BCUT2D eigenvalue weighted by Gasteiger charge is 2.39. The standard InChI is InChI=1S/C17H25N5O5/c1-2-3-13-16(22(26)27)15(20-19-13)17(25)18-11-6-12(7-11)21(9-14(23)24)8-10-4-5-10/h10-12H,2-9H2,1H3,(H,18,25)(H,19,20)(H,23,24). The van der Waals surface area contributed by atoms with E-state index < -0.39 is 16.8 Å². The lowest BCUT2D eigenvalue weighted by Gasteiger charge is -2.42. The Bertz CT molecular complexity index is 723. The highest BCUT2D eigenvalue weighted by atomic mass is 16.6. The number of nitro groups is 1. The molecule has 1 aromatic rings. The first kappa shape index (κ1) is 19.3. The van der Waals surface area contributed by atoms with E-state index in [0.29, 0.717) is 37.3 Å². The van der Waals surface area contributed by atoms with Crippen molar-refractivity contribution < 1.29 is 19.6 Å². The molecule has 3 rings (SSSR count). The smallest absolute Gasteiger partial charge is 0.322 e. The van der Waals surface area contributed by atoms with Gasteiger partial charge in [-0.2, -0.15) is 5.10 Å². The van der Waals surface area contributed by atoms with Gasteiger partial charge in [0.2, 0.25) is 5.69 Å². The lowest BCUT2D eigenvalue weighted by atomic mass is 9.85. The number of nitrogens with one attached hydrogen (secondary N) is 2. The van der Waals surface area contributed by atoms with E-state index in [-0.39, 0.29) is 30.0 Å². The van der Waals surface area contributed by atoms with Gasteiger partial charge in [0, 0.05) is 18.6 Å². The topological polar surface area (TPSA) is 141 Å². The van der Waals surface area contributed by atoms with Gasteiger partial charge in [-0.1, -0.05) is 13.3 Å². The predicted molar refractivity (Wildman–Crippen MR) is 95.4 cm³/mol. The quantitative estimate of drug-likeness (QED) is 0.411. The second-order valence-electron chi connectivity index (χ2n) is 7.47. The molecule has 0 aliphatic heterocycles. The number of carboxylic acids is 1. The zero-order valence-electron chi connectivity index (χ0n) is 15.3. The van der Waals surface area contributed by atoms with E-state index in [0.717, 1.165) is 19.4 Å². The second kappa shape index (κ2) is 8.03. The van der Waals surface area contributed by atoms with E-state index in [2.05, 4.69) is 15.5 Å². The zero-order chi connectivity index (χ0) is 19.6. The van der Waals surface area contributed by atoms with Gasteiger partial charge in [0.05, 0.1) is 11.5 Å². The lowest BCUT2D eigenvalue weighted by Crippen LogP contribution is -2.55. The molecule has 1 heterocycles. The van der Waals surface area contributed by atoms with Gasteiger partial charge in [-0.15, -0.1) is 0 Å². The number of hydrogen-bond donors (Lipinski definition) is 3. The molecule has 0 atom stereocenters. The molecular formula is C17H25N5O5. The summed E-state index contributed by atoms with van der Waals surface area (Å²) in [6.45, 7) is 2.68. The molecule has 0 unspecified atom stereocenters. The molecule has 1 aromatic heterocycles. The number of aromatic amines is 1. The third kappa shape index (κ3) is 4.62. The van der Waals surface area contributed by atoms with Crippen LogP contribution in [0.4, 0.5) is 5.69 Å². The molecule has 2 saturated carbocycles. The summed E-state index contributed by atoms with van der Waals surface area (Å²) >= 11 is 0. The van der Waals surface area contributed by atoms with Crippen LogP contribution in [-0.2, 0) is 11.2 Å². The largest absolute Gasteiger partial charge is 0.480 e. The van der Waals surface area contributed by atoms with Gasteiger partial charge < -0.3 is 10.4 Å². The Balaban J connectivity index is 1.57. The van der Waals surface area contributed by atoms with E-state index >= 15 is 0 Å². The monoisotopic (exact) mass is 379 g/mol. The summed E-state index contributed by atoms with van der Waals surface area (Å²) < 4.78 is 0.